The number of benzene rings is 6. The summed E-state index contributed by atoms with van der Waals surface area (Å²) < 4.78 is 10.8. The van der Waals surface area contributed by atoms with Gasteiger partial charge >= 0.3 is 0 Å². The first-order chi connectivity index (χ1) is 60.7. The number of piperazine rings is 2. The number of piperidine rings is 1. The third kappa shape index (κ3) is 23.3. The summed E-state index contributed by atoms with van der Waals surface area (Å²) in [6.07, 6.45) is 13.0. The zero-order valence-corrected chi connectivity index (χ0v) is 76.8. The SMILES string of the molecule is C/C(O)=C(\C#N)C(=O)Nc1cc(Br)ccc1Br.C=CC(=O)N1CCCC(n2nc(-c3ccc(Oc4ccccc4)cc3)c3c(N)ncnc32)C1.Cc1c(CC(=O)c2cc3c(s2)CCCC3)cccc1-c1cn(C)c(=O)c(Nc2ccc([C@@H]3C(=O)N(C)CCN3C)cc2)n1.Cc1nc(Nc2ncc(C(=O)Cc3c(C)cccc3Cl)s2)cc(N2CCN(CCO)CC2)n1.O. The Hall–Kier alpha value is -12.2. The van der Waals surface area contributed by atoms with Crippen molar-refractivity contribution >= 4 is 146 Å². The van der Waals surface area contributed by atoms with E-state index < -0.39 is 5.91 Å². The number of nitrogens with two attached hydrogens (primary N) is 1. The topological polar surface area (TPSA) is 386 Å². The number of aliphatic hydroxyl groups excluding tert-OH is 2. The number of hydrogen-bond donors (Lipinski definition) is 6. The van der Waals surface area contributed by atoms with Gasteiger partial charge in [0, 0.05) is 134 Å². The number of rotatable bonds is 22. The fourth-order valence-corrected chi connectivity index (χ4v) is 18.2. The lowest BCUT2D eigenvalue weighted by atomic mass is 9.95. The summed E-state index contributed by atoms with van der Waals surface area (Å²) in [5.74, 6) is 3.43. The second kappa shape index (κ2) is 43.3. The van der Waals surface area contributed by atoms with E-state index in [0.717, 1.165) is 124 Å². The summed E-state index contributed by atoms with van der Waals surface area (Å²) in [5.41, 5.74) is 16.8. The van der Waals surface area contributed by atoms with Gasteiger partial charge in [0.1, 0.15) is 64.7 Å². The van der Waals surface area contributed by atoms with Crippen LogP contribution >= 0.6 is 66.1 Å². The van der Waals surface area contributed by atoms with Crippen molar-refractivity contribution in [1.29, 1.82) is 5.26 Å². The first-order valence-corrected chi connectivity index (χ1v) is 44.7. The summed E-state index contributed by atoms with van der Waals surface area (Å²) in [6.45, 7) is 17.8. The predicted molar refractivity (Wildman–Crippen MR) is 505 cm³/mol. The van der Waals surface area contributed by atoms with Crippen molar-refractivity contribution in [2.24, 2.45) is 7.05 Å². The maximum atomic E-state index is 13.3. The zero-order chi connectivity index (χ0) is 89.4. The molecule has 3 fully saturated rings. The molecule has 3 aliphatic heterocycles. The second-order valence-corrected chi connectivity index (χ2v) is 35.2. The number of likely N-dealkylation sites (N-methyl/N-ethyl adjacent to an activating group) is 2. The summed E-state index contributed by atoms with van der Waals surface area (Å²) in [4.78, 5) is 115. The number of carbonyl (C=O) groups excluding carboxylic acids is 5. The molecule has 658 valence electrons. The minimum atomic E-state index is -0.647. The second-order valence-electron chi connectivity index (χ2n) is 30.9. The molecular formula is C93H98Br2ClN19O10S2. The highest BCUT2D eigenvalue weighted by atomic mass is 79.9. The standard InChI is InChI=1S/C34H37N5O3S.C25H24N6O2.C23H27ClN6O2S.C11H8Br2N2O2.H2O/c1-21-23(18-28(40)30-19-24-8-5-6-11-29(24)43-30)9-7-10-26(21)27-20-39(4)34(42)32(36-27)35-25-14-12-22(13-15-25)31-33(41)38(3)17-16-37(31)2;1-2-21(32)30-14-6-7-18(15-30)31-25-22(24(26)27-16-28-25)23(29-31)17-10-12-20(13-11-17)33-19-8-4-3-5-9-19;1-15-4-3-5-18(24)17(15)12-19(32)20-14-25-23(33-20)28-21-13-22(27-16(2)26-21)30-8-6-29(7-9-30)10-11-31;1-6(16)8(5-14)11(17)15-10-4-7(12)2-3-9(10)13;/h7,9-10,12-15,19-20,31H,5-6,8,11,16-18H2,1-4H3,(H,35,36);2-5,8-13,16,18H,1,6-7,14-15H2,(H2,26,27,28);3-5,13-14,31H,6-12H2,1-2H3,(H,25,26,27,28);2-4,16H,1H3,(H,15,17);1H2/b;;;8-6-;/t31-;;;;/m1..../s1. The van der Waals surface area contributed by atoms with Crippen LogP contribution in [0.3, 0.4) is 0 Å². The van der Waals surface area contributed by atoms with Gasteiger partial charge in [-0.1, -0.05) is 106 Å². The largest absolute Gasteiger partial charge is 0.511 e. The van der Waals surface area contributed by atoms with Crippen LogP contribution in [-0.4, -0.2) is 188 Å². The molecule has 6 aromatic heterocycles. The molecule has 1 aliphatic carbocycles. The van der Waals surface area contributed by atoms with Gasteiger partial charge in [0.15, 0.2) is 33.7 Å². The minimum Gasteiger partial charge on any atom is -0.511 e. The Morgan fingerprint density at radius 1 is 0.780 bits per heavy atom. The van der Waals surface area contributed by atoms with Gasteiger partial charge in [-0.15, -0.1) is 11.3 Å². The molecule has 6 aromatic carbocycles. The van der Waals surface area contributed by atoms with Gasteiger partial charge in [0.25, 0.3) is 11.5 Å². The number of thiophene rings is 1. The number of fused-ring (bicyclic) bond motifs is 2. The van der Waals surface area contributed by atoms with Crippen LogP contribution in [0, 0.1) is 32.1 Å². The van der Waals surface area contributed by atoms with Crippen LogP contribution in [0.5, 0.6) is 11.5 Å². The molecule has 0 spiro atoms. The van der Waals surface area contributed by atoms with Gasteiger partial charge in [-0.25, -0.2) is 34.6 Å². The number of aliphatic hydroxyl groups is 2. The Balaban J connectivity index is 0.000000160. The lowest BCUT2D eigenvalue weighted by molar-refractivity contribution is -0.139. The Kier molecular flexibility index (Phi) is 32.0. The van der Waals surface area contributed by atoms with Crippen molar-refractivity contribution in [3.05, 3.63) is 266 Å². The van der Waals surface area contributed by atoms with Crippen molar-refractivity contribution in [2.75, 3.05) is 106 Å². The molecule has 1 unspecified atom stereocenters. The molecule has 2 atom stereocenters. The van der Waals surface area contributed by atoms with Crippen molar-refractivity contribution in [3.63, 3.8) is 0 Å². The van der Waals surface area contributed by atoms with Crippen LogP contribution in [0.15, 0.2) is 202 Å². The number of ether oxygens (including phenoxy) is 1. The Labute approximate surface area is 765 Å². The molecule has 4 aliphatic rings. The van der Waals surface area contributed by atoms with Crippen molar-refractivity contribution in [3.8, 4) is 40.1 Å². The average molecular weight is 1900 g/mol. The van der Waals surface area contributed by atoms with Crippen LogP contribution in [0.4, 0.5) is 39.8 Å². The Bertz CT molecular complexity index is 6110. The van der Waals surface area contributed by atoms with Crippen molar-refractivity contribution in [2.45, 2.75) is 91.1 Å². The number of Topliss-reactive ketones (excluding diaryl/α,β-unsaturated/α-hetero) is 2. The molecule has 0 radical (unpaired) electrons. The predicted octanol–water partition coefficient (Wildman–Crippen LogP) is 15.7. The number of likely N-dealkylation sites (tertiary alicyclic amines) is 1. The lowest BCUT2D eigenvalue weighted by Crippen LogP contribution is -2.48. The number of hydrogen-bond acceptors (Lipinski definition) is 25. The molecule has 34 heteroatoms. The molecular weight excluding hydrogens is 1800 g/mol. The number of amides is 3. The zero-order valence-electron chi connectivity index (χ0n) is 71.2. The van der Waals surface area contributed by atoms with Gasteiger partial charge in [-0.2, -0.15) is 10.4 Å². The molecule has 29 nitrogen and oxygen atoms in total. The van der Waals surface area contributed by atoms with Gasteiger partial charge in [0.2, 0.25) is 11.8 Å². The van der Waals surface area contributed by atoms with E-state index in [0.29, 0.717) is 103 Å². The maximum Gasteiger partial charge on any atom is 0.293 e. The maximum absolute atomic E-state index is 13.3. The monoisotopic (exact) mass is 1900 g/mol. The molecule has 3 amide bonds. The number of thiazole rings is 1. The first kappa shape index (κ1) is 93.9. The quantitative estimate of drug-likeness (QED) is 0.0159. The lowest BCUT2D eigenvalue weighted by Gasteiger charge is -2.37. The highest BCUT2D eigenvalue weighted by molar-refractivity contribution is 9.11. The molecule has 12 aromatic rings. The molecule has 16 rings (SSSR count). The highest BCUT2D eigenvalue weighted by Crippen LogP contribution is 2.38. The van der Waals surface area contributed by atoms with Crippen LogP contribution < -0.4 is 36.9 Å². The number of anilines is 7. The third-order valence-electron chi connectivity index (χ3n) is 22.1. The minimum absolute atomic E-state index is 0. The number of carbonyl (C=O) groups is 5. The number of nitrogens with zero attached hydrogens (tertiary/aromatic N) is 15. The van der Waals surface area contributed by atoms with Gasteiger partial charge < -0.3 is 61.4 Å². The molecule has 9 N–H and O–H groups in total. The number of nitrogens with one attached hydrogen (secondary N) is 3. The number of aryl methyl sites for hydroxylation is 5. The van der Waals surface area contributed by atoms with E-state index >= 15 is 0 Å². The summed E-state index contributed by atoms with van der Waals surface area (Å²) in [7, 11) is 5.50. The number of halogens is 3. The van der Waals surface area contributed by atoms with E-state index in [1.807, 2.05) is 155 Å². The fourth-order valence-electron chi connectivity index (χ4n) is 15.2. The number of para-hydroxylation sites is 1. The van der Waals surface area contributed by atoms with Crippen molar-refractivity contribution in [1.82, 2.24) is 63.9 Å². The molecule has 0 saturated carbocycles. The number of allylic oxidation sites excluding steroid dienone is 1. The molecule has 127 heavy (non-hydrogen) atoms. The van der Waals surface area contributed by atoms with Gasteiger partial charge in [0.05, 0.1) is 45.4 Å². The summed E-state index contributed by atoms with van der Waals surface area (Å²) in [6, 6.07) is 47.0. The van der Waals surface area contributed by atoms with E-state index in [1.165, 1.54) is 58.5 Å². The highest BCUT2D eigenvalue weighted by Gasteiger charge is 2.33. The Morgan fingerprint density at radius 2 is 1.51 bits per heavy atom. The van der Waals surface area contributed by atoms with E-state index in [-0.39, 0.29) is 76.7 Å². The third-order valence-corrected chi connectivity index (χ3v) is 25.9. The number of nitrogen functional groups attached to an aromatic ring is 1. The first-order valence-electron chi connectivity index (χ1n) is 41.1. The number of nitriles is 1. The number of ketones is 2. The van der Waals surface area contributed by atoms with Crippen LogP contribution in [-0.2, 0) is 47.1 Å². The number of aromatic nitrogens is 9. The summed E-state index contributed by atoms with van der Waals surface area (Å²) >= 11 is 15.8. The van der Waals surface area contributed by atoms with Crippen LogP contribution in [0.1, 0.15) is 108 Å². The van der Waals surface area contributed by atoms with E-state index in [4.69, 9.17) is 47.6 Å². The smallest absolute Gasteiger partial charge is 0.293 e. The van der Waals surface area contributed by atoms with Gasteiger partial charge in [-0.3, -0.25) is 38.6 Å². The normalized spacial score (nSPS) is 15.3. The van der Waals surface area contributed by atoms with Gasteiger partial charge in [-0.05, 0) is 208 Å². The molecule has 0 bridgehead atoms. The van der Waals surface area contributed by atoms with Crippen molar-refractivity contribution < 1.29 is 44.4 Å². The Morgan fingerprint density at radius 3 is 2.23 bits per heavy atom. The number of β-amino-alcohol motifs (C(OH)–C–C–N with tert-alkyl or cyclic N) is 1. The van der Waals surface area contributed by atoms with E-state index in [2.05, 4.69) is 100 Å². The fraction of sp³-hybridized carbons (Fsp3) is 0.290. The van der Waals surface area contributed by atoms with E-state index in [1.54, 1.807) is 70.9 Å². The van der Waals surface area contributed by atoms with Crippen LogP contribution in [0.2, 0.25) is 5.02 Å². The van der Waals surface area contributed by atoms with E-state index in [9.17, 15) is 28.8 Å². The van der Waals surface area contributed by atoms with Crippen LogP contribution in [0.25, 0.3) is 33.5 Å². The molecule has 3 saturated heterocycles. The molecule has 9 heterocycles. The summed E-state index contributed by atoms with van der Waals surface area (Å²) in [5, 5.41) is 42.8. The average Bonchev–Trinajstić information content (AvgIpc) is 1.61.